The van der Waals surface area contributed by atoms with E-state index in [2.05, 4.69) is 25.2 Å². The van der Waals surface area contributed by atoms with Gasteiger partial charge in [0.2, 0.25) is 0 Å². The molecule has 5 aliphatic heterocycles. The number of aromatic nitrogens is 3. The van der Waals surface area contributed by atoms with E-state index in [-0.39, 0.29) is 48.2 Å². The Hall–Kier alpha value is -4.26. The molecule has 1 amide bonds. The lowest BCUT2D eigenvalue weighted by molar-refractivity contribution is -0.0390. The topological polar surface area (TPSA) is 92.7 Å². The molecule has 9 nitrogen and oxygen atoms in total. The molecule has 0 spiro atoms. The number of benzene rings is 2. The van der Waals surface area contributed by atoms with Crippen molar-refractivity contribution in [1.29, 1.82) is 0 Å². The average molecular weight is 665 g/mol. The Labute approximate surface area is 274 Å². The molecule has 6 bridgehead atoms. The Morgan fingerprint density at radius 2 is 1.96 bits per heavy atom. The lowest BCUT2D eigenvalue weighted by Gasteiger charge is -2.44. The first-order valence-electron chi connectivity index (χ1n) is 16.5. The van der Waals surface area contributed by atoms with Crippen LogP contribution in [0.5, 0.6) is 6.01 Å². The van der Waals surface area contributed by atoms with Gasteiger partial charge in [-0.3, -0.25) is 9.88 Å². The van der Waals surface area contributed by atoms with Crippen molar-refractivity contribution in [1.82, 2.24) is 25.2 Å². The Balaban J connectivity index is 1.31. The first kappa shape index (κ1) is 31.0. The minimum Gasteiger partial charge on any atom is -0.461 e. The lowest BCUT2D eigenvalue weighted by Crippen LogP contribution is -2.63. The molecule has 0 radical (unpaired) electrons. The number of anilines is 1. The number of nitrogens with zero attached hydrogens (tertiary/aromatic N) is 5. The fourth-order valence-corrected chi connectivity index (χ4v) is 8.37. The average Bonchev–Trinajstić information content (AvgIpc) is 3.56. The zero-order valence-electron chi connectivity index (χ0n) is 26.6. The van der Waals surface area contributed by atoms with Crippen molar-refractivity contribution in [2.45, 2.75) is 68.6 Å². The Kier molecular flexibility index (Phi) is 7.39. The molecule has 9 rings (SSSR count). The third-order valence-electron chi connectivity index (χ3n) is 10.3. The first-order valence-corrected chi connectivity index (χ1v) is 16.5. The van der Waals surface area contributed by atoms with Gasteiger partial charge in [-0.1, -0.05) is 36.4 Å². The summed E-state index contributed by atoms with van der Waals surface area (Å²) < 4.78 is 74.0. The van der Waals surface area contributed by atoms with E-state index in [0.717, 1.165) is 35.7 Å². The summed E-state index contributed by atoms with van der Waals surface area (Å²) in [4.78, 5) is 30.0. The van der Waals surface area contributed by atoms with E-state index in [9.17, 15) is 9.18 Å². The molecule has 0 saturated carbocycles. The summed E-state index contributed by atoms with van der Waals surface area (Å²) in [5.74, 6) is -3.97. The molecular weight excluding hydrogens is 628 g/mol. The van der Waals surface area contributed by atoms with Gasteiger partial charge in [0.15, 0.2) is 5.82 Å². The van der Waals surface area contributed by atoms with Gasteiger partial charge in [0.25, 0.3) is 5.92 Å². The molecular formula is C35H36F4N6O3. The number of ether oxygens (including phenoxy) is 2. The highest BCUT2D eigenvalue weighted by Crippen LogP contribution is 2.42. The fourth-order valence-electron chi connectivity index (χ4n) is 8.37. The number of nitrogens with one attached hydrogen (secondary N) is 1. The first-order chi connectivity index (χ1) is 23.0. The van der Waals surface area contributed by atoms with Gasteiger partial charge in [0.1, 0.15) is 29.8 Å². The highest BCUT2D eigenvalue weighted by Gasteiger charge is 2.50. The second kappa shape index (κ2) is 11.4. The molecule has 13 heteroatoms. The van der Waals surface area contributed by atoms with Crippen molar-refractivity contribution in [3.05, 3.63) is 54.0 Å². The van der Waals surface area contributed by atoms with Crippen molar-refractivity contribution in [2.24, 2.45) is 0 Å². The number of hydrogen-bond acceptors (Lipinski definition) is 8. The van der Waals surface area contributed by atoms with E-state index in [0.29, 0.717) is 31.4 Å². The summed E-state index contributed by atoms with van der Waals surface area (Å²) in [6.45, 7) is 1.93. The van der Waals surface area contributed by atoms with Crippen molar-refractivity contribution in [3.8, 4) is 17.3 Å². The predicted octanol–water partition coefficient (Wildman–Crippen LogP) is 6.22. The Bertz CT molecular complexity index is 1920. The minimum atomic E-state index is -3.24. The summed E-state index contributed by atoms with van der Waals surface area (Å²) in [5.41, 5.74) is -0.557. The van der Waals surface area contributed by atoms with Crippen molar-refractivity contribution in [3.63, 3.8) is 0 Å². The van der Waals surface area contributed by atoms with E-state index >= 15 is 13.2 Å². The van der Waals surface area contributed by atoms with Crippen LogP contribution in [0.4, 0.5) is 28.2 Å². The Morgan fingerprint density at radius 1 is 1.12 bits per heavy atom. The third-order valence-corrected chi connectivity index (χ3v) is 10.3. The van der Waals surface area contributed by atoms with Crippen LogP contribution in [-0.2, 0) is 11.2 Å². The monoisotopic (exact) mass is 664 g/mol. The Morgan fingerprint density at radius 3 is 2.81 bits per heavy atom. The largest absolute Gasteiger partial charge is 0.461 e. The van der Waals surface area contributed by atoms with Crippen LogP contribution in [0.2, 0.25) is 0 Å². The van der Waals surface area contributed by atoms with Crippen LogP contribution in [0.1, 0.15) is 44.6 Å². The number of rotatable bonds is 3. The van der Waals surface area contributed by atoms with Gasteiger partial charge < -0.3 is 19.7 Å². The van der Waals surface area contributed by atoms with Gasteiger partial charge >= 0.3 is 12.1 Å². The molecule has 0 aliphatic carbocycles. The molecule has 5 aliphatic rings. The number of alkyl carbamates (subject to hydrolysis) is 1. The summed E-state index contributed by atoms with van der Waals surface area (Å²) in [6.07, 6.45) is 1.92. The molecule has 3 fully saturated rings. The quantitative estimate of drug-likeness (QED) is 0.259. The number of carbonyl (C=O) groups excluding carboxylic acids is 1. The van der Waals surface area contributed by atoms with Crippen molar-refractivity contribution >= 4 is 33.6 Å². The summed E-state index contributed by atoms with van der Waals surface area (Å²) in [5, 5.41) is 4.48. The number of piperidine rings is 1. The number of aryl methyl sites for hydroxylation is 1. The third kappa shape index (κ3) is 5.45. The zero-order chi connectivity index (χ0) is 33.3. The van der Waals surface area contributed by atoms with Crippen LogP contribution >= 0.6 is 0 Å². The molecule has 3 saturated heterocycles. The van der Waals surface area contributed by atoms with Gasteiger partial charge in [-0.05, 0) is 55.5 Å². The van der Waals surface area contributed by atoms with Crippen LogP contribution in [0.25, 0.3) is 32.9 Å². The summed E-state index contributed by atoms with van der Waals surface area (Å²) in [6, 6.07) is 11.2. The maximum absolute atomic E-state index is 16.9. The number of carbonyl (C=O) groups is 1. The highest BCUT2D eigenvalue weighted by molar-refractivity contribution is 6.00. The second-order valence-corrected chi connectivity index (χ2v) is 14.0. The maximum atomic E-state index is 16.9. The number of pyridine rings is 1. The van der Waals surface area contributed by atoms with Crippen molar-refractivity contribution in [2.75, 3.05) is 44.3 Å². The molecule has 2 aromatic heterocycles. The van der Waals surface area contributed by atoms with E-state index < -0.39 is 48.0 Å². The van der Waals surface area contributed by atoms with E-state index in [1.807, 2.05) is 30.3 Å². The van der Waals surface area contributed by atoms with E-state index in [1.165, 1.54) is 18.0 Å². The zero-order valence-corrected chi connectivity index (χ0v) is 26.6. The number of amides is 1. The van der Waals surface area contributed by atoms with Gasteiger partial charge in [0, 0.05) is 37.7 Å². The highest BCUT2D eigenvalue weighted by atomic mass is 19.3. The van der Waals surface area contributed by atoms with Gasteiger partial charge in [-0.15, -0.1) is 0 Å². The molecule has 1 N–H and O–H groups in total. The predicted molar refractivity (Wildman–Crippen MR) is 172 cm³/mol. The van der Waals surface area contributed by atoms with Crippen LogP contribution in [0.15, 0.2) is 42.6 Å². The van der Waals surface area contributed by atoms with Crippen LogP contribution in [0.3, 0.4) is 0 Å². The van der Waals surface area contributed by atoms with Crippen LogP contribution < -0.4 is 15.0 Å². The minimum absolute atomic E-state index is 0.00668. The second-order valence-electron chi connectivity index (χ2n) is 14.0. The molecule has 2 aromatic carbocycles. The van der Waals surface area contributed by atoms with Crippen LogP contribution in [-0.4, -0.2) is 88.5 Å². The number of fused-ring (bicyclic) bond motifs is 7. The van der Waals surface area contributed by atoms with Gasteiger partial charge in [0.05, 0.1) is 29.6 Å². The number of alkyl halides is 3. The molecule has 7 heterocycles. The van der Waals surface area contributed by atoms with Crippen LogP contribution in [0, 0.1) is 5.82 Å². The smallest absolute Gasteiger partial charge is 0.407 e. The van der Waals surface area contributed by atoms with E-state index in [4.69, 9.17) is 9.47 Å². The van der Waals surface area contributed by atoms with Gasteiger partial charge in [-0.2, -0.15) is 9.97 Å². The number of halogens is 4. The molecule has 48 heavy (non-hydrogen) atoms. The molecule has 0 unspecified atom stereocenters. The normalized spacial score (nSPS) is 27.2. The number of hydrogen-bond donors (Lipinski definition) is 1. The van der Waals surface area contributed by atoms with E-state index in [1.54, 1.807) is 6.07 Å². The fraction of sp³-hybridized carbons (Fsp3) is 0.486. The molecule has 3 atom stereocenters. The van der Waals surface area contributed by atoms with Gasteiger partial charge in [-0.25, -0.2) is 22.4 Å². The maximum Gasteiger partial charge on any atom is 0.407 e. The summed E-state index contributed by atoms with van der Waals surface area (Å²) in [7, 11) is 0. The SMILES string of the molecule is C[C@]12CN(CC(F)(F)C1)c1nc(OC[C@@]34CCCN3C[C@H](F)C4)nc3c(F)c(ncc13)-c1cccc3cccc(c13)CCCOC(=O)N2. The van der Waals surface area contributed by atoms with Crippen molar-refractivity contribution < 1.29 is 31.8 Å². The molecule has 252 valence electrons. The lowest BCUT2D eigenvalue weighted by atomic mass is 9.88. The molecule has 4 aromatic rings. The summed E-state index contributed by atoms with van der Waals surface area (Å²) >= 11 is 0. The standard InChI is InChI=1S/C35H36F4N6O3/c1-33-17-35(38,39)19-44(18-33)30-25-15-40-28(24-10-3-8-21-6-2-7-22(26(21)24)9-4-13-47-32(46)43-33)27(37)29(25)41-31(42-30)48-20-34-11-5-12-45(34)16-23(36)14-34/h2-3,6-8,10,15,23H,4-5,9,11-14,16-20H2,1H3,(H,43,46)/t23-,33-,34+/m1/s1.